The summed E-state index contributed by atoms with van der Waals surface area (Å²) in [6.45, 7) is 0. The van der Waals surface area contributed by atoms with Crippen LogP contribution in [0.5, 0.6) is 0 Å². The highest BCUT2D eigenvalue weighted by Crippen LogP contribution is 2.34. The van der Waals surface area contributed by atoms with Gasteiger partial charge < -0.3 is 0 Å². The van der Waals surface area contributed by atoms with Crippen molar-refractivity contribution in [3.8, 4) is 0 Å². The van der Waals surface area contributed by atoms with Crippen molar-refractivity contribution in [2.45, 2.75) is 0 Å². The average Bonchev–Trinajstić information content (AvgIpc) is 2.52. The second-order valence-electron chi connectivity index (χ2n) is 5.06. The molecule has 0 aromatic heterocycles. The van der Waals surface area contributed by atoms with Gasteiger partial charge in [-0.1, -0.05) is 42.5 Å². The van der Waals surface area contributed by atoms with Crippen molar-refractivity contribution >= 4 is 55.1 Å². The van der Waals surface area contributed by atoms with Gasteiger partial charge in [0.05, 0.1) is 4.48 Å². The lowest BCUT2D eigenvalue weighted by Crippen LogP contribution is -2.19. The van der Waals surface area contributed by atoms with Crippen LogP contribution in [0.15, 0.2) is 53.0 Å². The van der Waals surface area contributed by atoms with Crippen LogP contribution in [0.2, 0.25) is 0 Å². The smallest absolute Gasteiger partial charge is 0.240 e. The van der Waals surface area contributed by atoms with Crippen LogP contribution < -0.4 is 0 Å². The number of allylic oxidation sites excluding steroid dienone is 1. The van der Waals surface area contributed by atoms with Gasteiger partial charge in [-0.05, 0) is 55.2 Å². The van der Waals surface area contributed by atoms with E-state index in [1.54, 1.807) is 12.1 Å². The van der Waals surface area contributed by atoms with Gasteiger partial charge in [0.1, 0.15) is 0 Å². The molecule has 3 aromatic rings. The SMILES string of the molecule is O=C1C(=O)c2ccc3c(ccc4ccccc43)c2C=C1Br. The fourth-order valence-corrected chi connectivity index (χ4v) is 3.30. The first-order chi connectivity index (χ1) is 10.2. The van der Waals surface area contributed by atoms with Crippen LogP contribution in [0.3, 0.4) is 0 Å². The zero-order valence-corrected chi connectivity index (χ0v) is 12.5. The summed E-state index contributed by atoms with van der Waals surface area (Å²) in [5, 5.41) is 4.38. The molecule has 1 aliphatic rings. The van der Waals surface area contributed by atoms with Crippen molar-refractivity contribution in [3.63, 3.8) is 0 Å². The molecule has 0 bridgehead atoms. The number of rotatable bonds is 0. The second-order valence-corrected chi connectivity index (χ2v) is 5.91. The van der Waals surface area contributed by atoms with Crippen molar-refractivity contribution in [1.29, 1.82) is 0 Å². The summed E-state index contributed by atoms with van der Waals surface area (Å²) in [6, 6.07) is 15.9. The van der Waals surface area contributed by atoms with E-state index in [1.807, 2.05) is 30.3 Å². The van der Waals surface area contributed by atoms with E-state index in [9.17, 15) is 9.59 Å². The third kappa shape index (κ3) is 1.71. The van der Waals surface area contributed by atoms with E-state index < -0.39 is 11.6 Å². The lowest BCUT2D eigenvalue weighted by Gasteiger charge is -2.14. The van der Waals surface area contributed by atoms with Crippen LogP contribution in [0.4, 0.5) is 0 Å². The molecule has 100 valence electrons. The predicted octanol–water partition coefficient (Wildman–Crippen LogP) is 4.49. The van der Waals surface area contributed by atoms with Gasteiger partial charge >= 0.3 is 0 Å². The summed E-state index contributed by atoms with van der Waals surface area (Å²) in [4.78, 5) is 23.9. The molecule has 0 saturated carbocycles. The number of carbonyl (C=O) groups excluding carboxylic acids is 2. The molecule has 0 spiro atoms. The van der Waals surface area contributed by atoms with Gasteiger partial charge in [-0.25, -0.2) is 0 Å². The predicted molar refractivity (Wildman–Crippen MR) is 87.7 cm³/mol. The first kappa shape index (κ1) is 12.5. The van der Waals surface area contributed by atoms with E-state index >= 15 is 0 Å². The third-order valence-electron chi connectivity index (χ3n) is 3.91. The highest BCUT2D eigenvalue weighted by atomic mass is 79.9. The maximum atomic E-state index is 12.1. The van der Waals surface area contributed by atoms with Crippen molar-refractivity contribution in [3.05, 3.63) is 64.1 Å². The van der Waals surface area contributed by atoms with Crippen LogP contribution in [0.1, 0.15) is 15.9 Å². The van der Waals surface area contributed by atoms with Gasteiger partial charge in [0.2, 0.25) is 11.6 Å². The standard InChI is InChI=1S/C18H9BrO2/c19-16-9-15-13-6-5-10-3-1-2-4-11(10)12(13)7-8-14(15)17(20)18(16)21/h1-9H. The Morgan fingerprint density at radius 2 is 1.48 bits per heavy atom. The molecule has 0 unspecified atom stereocenters. The number of ketones is 2. The number of carbonyl (C=O) groups is 2. The number of fused-ring (bicyclic) bond motifs is 5. The first-order valence-corrected chi connectivity index (χ1v) is 7.37. The summed E-state index contributed by atoms with van der Waals surface area (Å²) >= 11 is 3.19. The fraction of sp³-hybridized carbons (Fsp3) is 0. The summed E-state index contributed by atoms with van der Waals surface area (Å²) in [5.74, 6) is -0.933. The number of benzene rings is 3. The fourth-order valence-electron chi connectivity index (χ4n) is 2.89. The number of hydrogen-bond donors (Lipinski definition) is 0. The third-order valence-corrected chi connectivity index (χ3v) is 4.50. The molecular weight excluding hydrogens is 328 g/mol. The van der Waals surface area contributed by atoms with Crippen LogP contribution in [-0.2, 0) is 4.79 Å². The van der Waals surface area contributed by atoms with Gasteiger partial charge in [-0.2, -0.15) is 0 Å². The van der Waals surface area contributed by atoms with Crippen LogP contribution in [0, 0.1) is 0 Å². The molecule has 3 aromatic carbocycles. The lowest BCUT2D eigenvalue weighted by molar-refractivity contribution is -0.111. The maximum absolute atomic E-state index is 12.1. The zero-order chi connectivity index (χ0) is 14.6. The first-order valence-electron chi connectivity index (χ1n) is 6.57. The maximum Gasteiger partial charge on any atom is 0.240 e. The lowest BCUT2D eigenvalue weighted by atomic mass is 9.89. The van der Waals surface area contributed by atoms with Crippen LogP contribution in [-0.4, -0.2) is 11.6 Å². The molecule has 1 aliphatic carbocycles. The summed E-state index contributed by atoms with van der Waals surface area (Å²) in [7, 11) is 0. The van der Waals surface area contributed by atoms with Crippen molar-refractivity contribution in [1.82, 2.24) is 0 Å². The molecule has 3 heteroatoms. The van der Waals surface area contributed by atoms with E-state index in [0.29, 0.717) is 10.0 Å². The van der Waals surface area contributed by atoms with Crippen molar-refractivity contribution in [2.75, 3.05) is 0 Å². The summed E-state index contributed by atoms with van der Waals surface area (Å²) in [6.07, 6.45) is 1.75. The van der Waals surface area contributed by atoms with Gasteiger partial charge in [0, 0.05) is 5.56 Å². The minimum Gasteiger partial charge on any atom is -0.285 e. The average molecular weight is 337 g/mol. The molecule has 0 amide bonds. The minimum absolute atomic E-state index is 0.320. The molecule has 0 fully saturated rings. The number of halogens is 1. The van der Waals surface area contributed by atoms with Crippen LogP contribution in [0.25, 0.3) is 27.6 Å². The molecule has 0 heterocycles. The zero-order valence-electron chi connectivity index (χ0n) is 10.9. The minimum atomic E-state index is -0.484. The van der Waals surface area contributed by atoms with E-state index in [4.69, 9.17) is 0 Å². The molecule has 0 saturated heterocycles. The van der Waals surface area contributed by atoms with Crippen molar-refractivity contribution in [2.24, 2.45) is 0 Å². The van der Waals surface area contributed by atoms with E-state index in [1.165, 1.54) is 0 Å². The highest BCUT2D eigenvalue weighted by molar-refractivity contribution is 9.12. The Morgan fingerprint density at radius 3 is 2.33 bits per heavy atom. The van der Waals surface area contributed by atoms with E-state index in [0.717, 1.165) is 27.1 Å². The molecule has 0 aliphatic heterocycles. The number of Topliss-reactive ketones (excluding diaryl/α,β-unsaturated/α-hetero) is 2. The van der Waals surface area contributed by atoms with Crippen LogP contribution >= 0.6 is 15.9 Å². The van der Waals surface area contributed by atoms with Crippen molar-refractivity contribution < 1.29 is 9.59 Å². The van der Waals surface area contributed by atoms with E-state index in [-0.39, 0.29) is 0 Å². The molecule has 2 nitrogen and oxygen atoms in total. The largest absolute Gasteiger partial charge is 0.285 e. The quantitative estimate of drug-likeness (QED) is 0.447. The Bertz CT molecular complexity index is 983. The normalized spacial score (nSPS) is 14.4. The molecular formula is C18H9BrO2. The molecule has 0 atom stereocenters. The molecule has 21 heavy (non-hydrogen) atoms. The Balaban J connectivity index is 2.18. The highest BCUT2D eigenvalue weighted by Gasteiger charge is 2.27. The van der Waals surface area contributed by atoms with Gasteiger partial charge in [-0.3, -0.25) is 9.59 Å². The van der Waals surface area contributed by atoms with Gasteiger partial charge in [-0.15, -0.1) is 0 Å². The Morgan fingerprint density at radius 1 is 0.714 bits per heavy atom. The molecule has 0 radical (unpaired) electrons. The van der Waals surface area contributed by atoms with E-state index in [2.05, 4.69) is 28.1 Å². The second kappa shape index (κ2) is 4.37. The summed E-state index contributed by atoms with van der Waals surface area (Å²) < 4.78 is 0.320. The Hall–Kier alpha value is -2.26. The Labute approximate surface area is 129 Å². The molecule has 0 N–H and O–H groups in total. The number of hydrogen-bond acceptors (Lipinski definition) is 2. The monoisotopic (exact) mass is 336 g/mol. The summed E-state index contributed by atoms with van der Waals surface area (Å²) in [5.41, 5.74) is 1.29. The van der Waals surface area contributed by atoms with Gasteiger partial charge in [0.25, 0.3) is 0 Å². The van der Waals surface area contributed by atoms with Gasteiger partial charge in [0.15, 0.2) is 0 Å². The Kier molecular flexibility index (Phi) is 2.59. The molecule has 4 rings (SSSR count). The topological polar surface area (TPSA) is 34.1 Å².